The fourth-order valence-electron chi connectivity index (χ4n) is 3.73. The molecule has 1 N–H and O–H groups in total. The van der Waals surface area contributed by atoms with E-state index in [4.69, 9.17) is 0 Å². The predicted molar refractivity (Wildman–Crippen MR) is 123 cm³/mol. The number of rotatable bonds is 6. The van der Waals surface area contributed by atoms with Gasteiger partial charge < -0.3 is 5.32 Å². The summed E-state index contributed by atoms with van der Waals surface area (Å²) >= 11 is 1.42. The molecule has 1 aliphatic heterocycles. The standard InChI is InChI=1S/C24H23FN4O2S/c25-19-7-3-5-17(13-19)15-29-23(31)22(32-24(29)28-21-9-4-12-26-14-21)18-6-1-2-8-20(11-10-18)27-16-30/h1,3-7,9,11-14,16,18,22H,2,8,10,15H2,(H,27,30)/b6-1-,20-11+,28-24?. The summed E-state index contributed by atoms with van der Waals surface area (Å²) in [5, 5.41) is 2.95. The lowest BCUT2D eigenvalue weighted by atomic mass is 9.95. The fraction of sp³-hybridized carbons (Fsp3) is 0.250. The Morgan fingerprint density at radius 3 is 3.00 bits per heavy atom. The average molecular weight is 451 g/mol. The van der Waals surface area contributed by atoms with Gasteiger partial charge in [0.05, 0.1) is 23.7 Å². The number of allylic oxidation sites excluding steroid dienone is 4. The molecule has 1 aromatic heterocycles. The molecule has 164 valence electrons. The maximum absolute atomic E-state index is 13.7. The zero-order valence-corrected chi connectivity index (χ0v) is 18.2. The Bertz CT molecular complexity index is 1070. The Morgan fingerprint density at radius 2 is 2.22 bits per heavy atom. The zero-order chi connectivity index (χ0) is 22.3. The molecule has 2 amide bonds. The Hall–Kier alpha value is -3.26. The van der Waals surface area contributed by atoms with Crippen LogP contribution < -0.4 is 5.32 Å². The second kappa shape index (κ2) is 10.4. The van der Waals surface area contributed by atoms with Crippen LogP contribution in [0.4, 0.5) is 10.1 Å². The number of carbonyl (C=O) groups excluding carboxylic acids is 2. The molecule has 2 unspecified atom stereocenters. The number of pyridine rings is 1. The summed E-state index contributed by atoms with van der Waals surface area (Å²) < 4.78 is 13.7. The largest absolute Gasteiger partial charge is 0.333 e. The molecule has 6 nitrogen and oxygen atoms in total. The average Bonchev–Trinajstić information content (AvgIpc) is 3.06. The number of benzene rings is 1. The first-order valence-corrected chi connectivity index (χ1v) is 11.3. The van der Waals surface area contributed by atoms with Crippen LogP contribution in [-0.4, -0.2) is 32.6 Å². The number of carbonyl (C=O) groups is 2. The molecule has 0 bridgehead atoms. The first kappa shape index (κ1) is 22.0. The highest BCUT2D eigenvalue weighted by Gasteiger charge is 2.41. The van der Waals surface area contributed by atoms with Crippen LogP contribution in [0.25, 0.3) is 0 Å². The third-order valence-electron chi connectivity index (χ3n) is 5.31. The van der Waals surface area contributed by atoms with Crippen molar-refractivity contribution in [2.75, 3.05) is 0 Å². The molecule has 1 fully saturated rings. The smallest absolute Gasteiger partial charge is 0.243 e. The van der Waals surface area contributed by atoms with E-state index in [1.165, 1.54) is 23.9 Å². The highest BCUT2D eigenvalue weighted by Crippen LogP contribution is 2.37. The molecule has 0 spiro atoms. The van der Waals surface area contributed by atoms with Crippen molar-refractivity contribution in [3.63, 3.8) is 0 Å². The van der Waals surface area contributed by atoms with Crippen molar-refractivity contribution >= 4 is 34.9 Å². The van der Waals surface area contributed by atoms with Gasteiger partial charge in [0.25, 0.3) is 0 Å². The van der Waals surface area contributed by atoms with E-state index in [2.05, 4.69) is 27.4 Å². The summed E-state index contributed by atoms with van der Waals surface area (Å²) in [5.41, 5.74) is 2.22. The van der Waals surface area contributed by atoms with E-state index in [9.17, 15) is 14.0 Å². The number of amides is 2. The number of aromatic nitrogens is 1. The molecule has 1 aliphatic carbocycles. The number of hydrogen-bond acceptors (Lipinski definition) is 5. The number of aliphatic imine (C=N–C) groups is 1. The van der Waals surface area contributed by atoms with Gasteiger partial charge >= 0.3 is 0 Å². The van der Waals surface area contributed by atoms with Crippen molar-refractivity contribution in [2.24, 2.45) is 10.9 Å². The van der Waals surface area contributed by atoms with E-state index in [-0.39, 0.29) is 29.4 Å². The van der Waals surface area contributed by atoms with Crippen molar-refractivity contribution < 1.29 is 14.0 Å². The van der Waals surface area contributed by atoms with Crippen LogP contribution >= 0.6 is 11.8 Å². The van der Waals surface area contributed by atoms with Crippen molar-refractivity contribution in [2.45, 2.75) is 31.1 Å². The predicted octanol–water partition coefficient (Wildman–Crippen LogP) is 4.34. The lowest BCUT2D eigenvalue weighted by Crippen LogP contribution is -2.34. The van der Waals surface area contributed by atoms with Crippen molar-refractivity contribution in [3.8, 4) is 0 Å². The Labute approximate surface area is 190 Å². The van der Waals surface area contributed by atoms with Crippen molar-refractivity contribution in [3.05, 3.63) is 84.1 Å². The van der Waals surface area contributed by atoms with Gasteiger partial charge in [0, 0.05) is 17.8 Å². The summed E-state index contributed by atoms with van der Waals surface area (Å²) in [6.07, 6.45) is 12.3. The van der Waals surface area contributed by atoms with E-state index in [1.54, 1.807) is 35.5 Å². The number of thioether (sulfide) groups is 1. The van der Waals surface area contributed by atoms with Crippen LogP contribution in [0.2, 0.25) is 0 Å². The quantitative estimate of drug-likeness (QED) is 0.525. The van der Waals surface area contributed by atoms with E-state index < -0.39 is 0 Å². The fourth-order valence-corrected chi connectivity index (χ4v) is 5.00. The number of hydrogen-bond donors (Lipinski definition) is 1. The Morgan fingerprint density at radius 1 is 1.31 bits per heavy atom. The lowest BCUT2D eigenvalue weighted by molar-refractivity contribution is -0.127. The highest BCUT2D eigenvalue weighted by molar-refractivity contribution is 8.15. The minimum atomic E-state index is -0.359. The Kier molecular flexibility index (Phi) is 7.11. The summed E-state index contributed by atoms with van der Waals surface area (Å²) in [6, 6.07) is 9.87. The van der Waals surface area contributed by atoms with Crippen molar-refractivity contribution in [1.29, 1.82) is 0 Å². The van der Waals surface area contributed by atoms with Gasteiger partial charge in [-0.05, 0) is 49.1 Å². The zero-order valence-electron chi connectivity index (χ0n) is 17.4. The molecule has 32 heavy (non-hydrogen) atoms. The molecule has 2 atom stereocenters. The van der Waals surface area contributed by atoms with Gasteiger partial charge in [-0.3, -0.25) is 19.5 Å². The molecule has 0 saturated carbocycles. The lowest BCUT2D eigenvalue weighted by Gasteiger charge is -2.20. The molecule has 1 aromatic carbocycles. The van der Waals surface area contributed by atoms with Gasteiger partial charge in [-0.1, -0.05) is 42.1 Å². The molecule has 2 aliphatic rings. The molecular formula is C24H23FN4O2S. The maximum Gasteiger partial charge on any atom is 0.243 e. The van der Waals surface area contributed by atoms with Gasteiger partial charge in [-0.15, -0.1) is 0 Å². The van der Waals surface area contributed by atoms with Crippen molar-refractivity contribution in [1.82, 2.24) is 15.2 Å². The van der Waals surface area contributed by atoms with Gasteiger partial charge in [0.2, 0.25) is 12.3 Å². The topological polar surface area (TPSA) is 74.7 Å². The summed E-state index contributed by atoms with van der Waals surface area (Å²) in [4.78, 5) is 34.7. The van der Waals surface area contributed by atoms with Gasteiger partial charge in [-0.2, -0.15) is 0 Å². The Balaban J connectivity index is 1.63. The van der Waals surface area contributed by atoms with Gasteiger partial charge in [-0.25, -0.2) is 9.38 Å². The molecule has 4 rings (SSSR count). The molecule has 1 saturated heterocycles. The minimum Gasteiger partial charge on any atom is -0.333 e. The van der Waals surface area contributed by atoms with Crippen LogP contribution in [0, 0.1) is 11.7 Å². The van der Waals surface area contributed by atoms with E-state index in [0.29, 0.717) is 29.2 Å². The molecule has 8 heteroatoms. The summed E-state index contributed by atoms with van der Waals surface area (Å²) in [5.74, 6) is -0.448. The van der Waals surface area contributed by atoms with Crippen LogP contribution in [0.15, 0.2) is 77.7 Å². The number of nitrogens with one attached hydrogen (secondary N) is 1. The van der Waals surface area contributed by atoms with E-state index >= 15 is 0 Å². The maximum atomic E-state index is 13.7. The van der Waals surface area contributed by atoms with E-state index in [0.717, 1.165) is 18.5 Å². The van der Waals surface area contributed by atoms with Gasteiger partial charge in [0.1, 0.15) is 5.82 Å². The van der Waals surface area contributed by atoms with Crippen LogP contribution in [0.5, 0.6) is 0 Å². The minimum absolute atomic E-state index is 0.0483. The van der Waals surface area contributed by atoms with E-state index in [1.807, 2.05) is 12.1 Å². The molecule has 2 heterocycles. The molecule has 0 radical (unpaired) electrons. The number of nitrogens with zero attached hydrogens (tertiary/aromatic N) is 3. The van der Waals surface area contributed by atoms with Crippen LogP contribution in [0.1, 0.15) is 24.8 Å². The summed E-state index contributed by atoms with van der Waals surface area (Å²) in [6.45, 7) is 0.239. The molecular weight excluding hydrogens is 427 g/mol. The first-order valence-electron chi connectivity index (χ1n) is 10.4. The second-order valence-corrected chi connectivity index (χ2v) is 8.67. The third kappa shape index (κ3) is 5.31. The van der Waals surface area contributed by atoms with Crippen LogP contribution in [0.3, 0.4) is 0 Å². The first-order chi connectivity index (χ1) is 15.6. The second-order valence-electron chi connectivity index (χ2n) is 7.56. The normalized spacial score (nSPS) is 25.0. The van der Waals surface area contributed by atoms with Crippen LogP contribution in [-0.2, 0) is 16.1 Å². The summed E-state index contributed by atoms with van der Waals surface area (Å²) in [7, 11) is 0. The molecule has 2 aromatic rings. The third-order valence-corrected chi connectivity index (χ3v) is 6.63. The monoisotopic (exact) mass is 450 g/mol. The van der Waals surface area contributed by atoms with Gasteiger partial charge in [0.15, 0.2) is 5.17 Å². The number of amidine groups is 1. The highest BCUT2D eigenvalue weighted by atomic mass is 32.2. The SMILES string of the molecule is O=CN/C1=C/CC(C2SC(=Nc3cccnc3)N(Cc3cccc(F)c3)C2=O)/C=C\CC1. The number of halogens is 1.